The lowest BCUT2D eigenvalue weighted by molar-refractivity contribution is 0.330. The number of anilines is 1. The van der Waals surface area contributed by atoms with Crippen LogP contribution in [0.4, 0.5) is 5.69 Å². The molecule has 1 N–H and O–H groups in total. The predicted molar refractivity (Wildman–Crippen MR) is 114 cm³/mol. The Morgan fingerprint density at radius 2 is 1.55 bits per heavy atom. The number of nitrogens with zero attached hydrogens (tertiary/aromatic N) is 1. The third kappa shape index (κ3) is 5.29. The van der Waals surface area contributed by atoms with Crippen LogP contribution in [0.3, 0.4) is 0 Å². The van der Waals surface area contributed by atoms with Crippen molar-refractivity contribution in [2.24, 2.45) is 0 Å². The SMILES string of the molecule is CCOc1ccc(NS(=O)(=O)c2ccc(C(C)(C)C)cc2)cc1S(=O)(=O)N(C)C. The summed E-state index contributed by atoms with van der Waals surface area (Å²) in [5, 5.41) is 0. The molecule has 0 aliphatic carbocycles. The van der Waals surface area contributed by atoms with Gasteiger partial charge in [-0.25, -0.2) is 21.1 Å². The van der Waals surface area contributed by atoms with Gasteiger partial charge >= 0.3 is 0 Å². The summed E-state index contributed by atoms with van der Waals surface area (Å²) in [5.74, 6) is 0.165. The summed E-state index contributed by atoms with van der Waals surface area (Å²) < 4.78 is 59.7. The van der Waals surface area contributed by atoms with Crippen molar-refractivity contribution in [1.29, 1.82) is 0 Å². The van der Waals surface area contributed by atoms with Crippen molar-refractivity contribution >= 4 is 25.7 Å². The van der Waals surface area contributed by atoms with Crippen LogP contribution >= 0.6 is 0 Å². The standard InChI is InChI=1S/C20H28N2O5S2/c1-7-27-18-13-10-16(14-19(18)29(25,26)22(5)6)21-28(23,24)17-11-8-15(9-12-17)20(2,3)4/h8-14,21H,7H2,1-6H3. The van der Waals surface area contributed by atoms with E-state index >= 15 is 0 Å². The lowest BCUT2D eigenvalue weighted by Crippen LogP contribution is -2.23. The van der Waals surface area contributed by atoms with Crippen LogP contribution in [-0.4, -0.2) is 41.8 Å². The Labute approximate surface area is 173 Å². The van der Waals surface area contributed by atoms with Crippen LogP contribution in [0.2, 0.25) is 0 Å². The molecule has 2 aromatic rings. The summed E-state index contributed by atoms with van der Waals surface area (Å²) >= 11 is 0. The lowest BCUT2D eigenvalue weighted by atomic mass is 9.87. The van der Waals surface area contributed by atoms with Gasteiger partial charge in [-0.2, -0.15) is 0 Å². The van der Waals surface area contributed by atoms with E-state index in [0.29, 0.717) is 0 Å². The Bertz CT molecular complexity index is 1070. The summed E-state index contributed by atoms with van der Waals surface area (Å²) in [7, 11) is -4.90. The van der Waals surface area contributed by atoms with E-state index in [4.69, 9.17) is 4.74 Å². The summed E-state index contributed by atoms with van der Waals surface area (Å²) in [6.07, 6.45) is 0. The molecule has 0 amide bonds. The highest BCUT2D eigenvalue weighted by Crippen LogP contribution is 2.30. The number of sulfonamides is 2. The van der Waals surface area contributed by atoms with Crippen molar-refractivity contribution in [2.75, 3.05) is 25.4 Å². The molecule has 7 nitrogen and oxygen atoms in total. The van der Waals surface area contributed by atoms with Gasteiger partial charge < -0.3 is 4.74 Å². The van der Waals surface area contributed by atoms with Crippen molar-refractivity contribution < 1.29 is 21.6 Å². The number of hydrogen-bond acceptors (Lipinski definition) is 5. The molecule has 9 heteroatoms. The van der Waals surface area contributed by atoms with Crippen LogP contribution in [0.15, 0.2) is 52.3 Å². The molecule has 0 bridgehead atoms. The van der Waals surface area contributed by atoms with Gasteiger partial charge in [0.2, 0.25) is 10.0 Å². The van der Waals surface area contributed by atoms with E-state index in [1.165, 1.54) is 44.4 Å². The fraction of sp³-hybridized carbons (Fsp3) is 0.400. The zero-order chi connectivity index (χ0) is 22.0. The van der Waals surface area contributed by atoms with Crippen LogP contribution in [-0.2, 0) is 25.5 Å². The molecule has 160 valence electrons. The molecule has 0 aliphatic rings. The zero-order valence-corrected chi connectivity index (χ0v) is 19.2. The van der Waals surface area contributed by atoms with E-state index in [1.807, 2.05) is 20.8 Å². The molecular formula is C20H28N2O5S2. The molecule has 0 radical (unpaired) electrons. The minimum Gasteiger partial charge on any atom is -0.492 e. The van der Waals surface area contributed by atoms with Gasteiger partial charge in [-0.05, 0) is 48.2 Å². The first kappa shape index (κ1) is 23.2. The van der Waals surface area contributed by atoms with E-state index in [1.54, 1.807) is 19.1 Å². The minimum absolute atomic E-state index is 0.0939. The average Bonchev–Trinajstić information content (AvgIpc) is 2.62. The molecule has 0 fully saturated rings. The first-order valence-corrected chi connectivity index (χ1v) is 12.0. The Hall–Kier alpha value is -2.10. The van der Waals surface area contributed by atoms with Crippen molar-refractivity contribution in [1.82, 2.24) is 4.31 Å². The second-order valence-corrected chi connectivity index (χ2v) is 11.6. The maximum atomic E-state index is 12.8. The largest absolute Gasteiger partial charge is 0.492 e. The highest BCUT2D eigenvalue weighted by Gasteiger charge is 2.24. The summed E-state index contributed by atoms with van der Waals surface area (Å²) in [6.45, 7) is 8.15. The first-order valence-electron chi connectivity index (χ1n) is 9.12. The van der Waals surface area contributed by atoms with E-state index in [-0.39, 0.29) is 33.2 Å². The number of rotatable bonds is 7. The minimum atomic E-state index is -3.88. The topological polar surface area (TPSA) is 92.8 Å². The monoisotopic (exact) mass is 440 g/mol. The van der Waals surface area contributed by atoms with E-state index in [9.17, 15) is 16.8 Å². The van der Waals surface area contributed by atoms with Crippen LogP contribution < -0.4 is 9.46 Å². The summed E-state index contributed by atoms with van der Waals surface area (Å²) in [5.41, 5.74) is 1.05. The van der Waals surface area contributed by atoms with Crippen molar-refractivity contribution in [3.63, 3.8) is 0 Å². The average molecular weight is 441 g/mol. The number of hydrogen-bond donors (Lipinski definition) is 1. The highest BCUT2D eigenvalue weighted by atomic mass is 32.2. The third-order valence-electron chi connectivity index (χ3n) is 4.29. The molecule has 0 saturated carbocycles. The van der Waals surface area contributed by atoms with Crippen LogP contribution in [0.1, 0.15) is 33.3 Å². The summed E-state index contributed by atoms with van der Waals surface area (Å²) in [6, 6.07) is 10.8. The maximum Gasteiger partial charge on any atom is 0.261 e. The molecule has 0 unspecified atom stereocenters. The first-order chi connectivity index (χ1) is 13.3. The highest BCUT2D eigenvalue weighted by molar-refractivity contribution is 7.92. The van der Waals surface area contributed by atoms with Gasteiger partial charge in [0.15, 0.2) is 0 Å². The molecule has 0 atom stereocenters. The molecular weight excluding hydrogens is 412 g/mol. The molecule has 0 aliphatic heterocycles. The number of nitrogens with one attached hydrogen (secondary N) is 1. The molecule has 0 heterocycles. The molecule has 2 aromatic carbocycles. The molecule has 2 rings (SSSR count). The fourth-order valence-corrected chi connectivity index (χ4v) is 4.69. The van der Waals surface area contributed by atoms with Gasteiger partial charge in [0.25, 0.3) is 10.0 Å². The second kappa shape index (κ2) is 8.33. The Kier molecular flexibility index (Phi) is 6.66. The Balaban J connectivity index is 2.43. The van der Waals surface area contributed by atoms with E-state index < -0.39 is 20.0 Å². The zero-order valence-electron chi connectivity index (χ0n) is 17.6. The number of benzene rings is 2. The predicted octanol–water partition coefficient (Wildman–Crippen LogP) is 3.43. The van der Waals surface area contributed by atoms with Gasteiger partial charge in [0, 0.05) is 14.1 Å². The van der Waals surface area contributed by atoms with Gasteiger partial charge in [0.1, 0.15) is 10.6 Å². The quantitative estimate of drug-likeness (QED) is 0.712. The third-order valence-corrected chi connectivity index (χ3v) is 7.52. The molecule has 0 spiro atoms. The fourth-order valence-electron chi connectivity index (χ4n) is 2.59. The Morgan fingerprint density at radius 3 is 2.03 bits per heavy atom. The summed E-state index contributed by atoms with van der Waals surface area (Å²) in [4.78, 5) is -0.0102. The molecule has 0 aromatic heterocycles. The molecule has 29 heavy (non-hydrogen) atoms. The van der Waals surface area contributed by atoms with Crippen LogP contribution in [0.5, 0.6) is 5.75 Å². The Morgan fingerprint density at radius 1 is 0.966 bits per heavy atom. The lowest BCUT2D eigenvalue weighted by Gasteiger charge is -2.19. The van der Waals surface area contributed by atoms with Crippen molar-refractivity contribution in [3.05, 3.63) is 48.0 Å². The van der Waals surface area contributed by atoms with E-state index in [2.05, 4.69) is 4.72 Å². The maximum absolute atomic E-state index is 12.8. The number of ether oxygens (including phenoxy) is 1. The van der Waals surface area contributed by atoms with E-state index in [0.717, 1.165) is 9.87 Å². The second-order valence-electron chi connectivity index (χ2n) is 7.76. The van der Waals surface area contributed by atoms with Gasteiger partial charge in [-0.3, -0.25) is 4.72 Å². The van der Waals surface area contributed by atoms with Gasteiger partial charge in [-0.1, -0.05) is 32.9 Å². The smallest absolute Gasteiger partial charge is 0.261 e. The van der Waals surface area contributed by atoms with Gasteiger partial charge in [-0.15, -0.1) is 0 Å². The normalized spacial score (nSPS) is 12.8. The van der Waals surface area contributed by atoms with Gasteiger partial charge in [0.05, 0.1) is 17.2 Å². The molecule has 0 saturated heterocycles. The van der Waals surface area contributed by atoms with Crippen molar-refractivity contribution in [2.45, 2.75) is 42.9 Å². The van der Waals surface area contributed by atoms with Crippen LogP contribution in [0, 0.1) is 0 Å². The van der Waals surface area contributed by atoms with Crippen molar-refractivity contribution in [3.8, 4) is 5.75 Å². The van der Waals surface area contributed by atoms with Crippen LogP contribution in [0.25, 0.3) is 0 Å².